The number of hydrogen-bond donors (Lipinski definition) is 0. The highest BCUT2D eigenvalue weighted by atomic mass is 16.5. The van der Waals surface area contributed by atoms with Crippen LogP contribution >= 0.6 is 0 Å². The average molecular weight is 372 g/mol. The third-order valence-corrected chi connectivity index (χ3v) is 4.30. The van der Waals surface area contributed by atoms with Gasteiger partial charge in [-0.05, 0) is 26.3 Å². The molecule has 8 nitrogen and oxygen atoms in total. The number of benzene rings is 1. The molecule has 0 N–H and O–H groups in total. The zero-order chi connectivity index (χ0) is 19.4. The van der Waals surface area contributed by atoms with Crippen LogP contribution in [0.5, 0.6) is 0 Å². The zero-order valence-corrected chi connectivity index (χ0v) is 15.7. The van der Waals surface area contributed by atoms with E-state index in [1.807, 2.05) is 44.2 Å². The van der Waals surface area contributed by atoms with Crippen molar-refractivity contribution in [3.05, 3.63) is 47.8 Å². The Hall–Kier alpha value is -2.74. The molecular formula is C19H24N4O4. The maximum Gasteiger partial charge on any atom is 0.361 e. The van der Waals surface area contributed by atoms with Crippen molar-refractivity contribution in [3.8, 4) is 0 Å². The summed E-state index contributed by atoms with van der Waals surface area (Å²) in [5.41, 5.74) is 1.12. The van der Waals surface area contributed by atoms with Gasteiger partial charge in [0.2, 0.25) is 0 Å². The number of amides is 1. The number of rotatable bonds is 5. The fraction of sp³-hybridized carbons (Fsp3) is 0.474. The van der Waals surface area contributed by atoms with E-state index in [-0.39, 0.29) is 23.8 Å². The van der Waals surface area contributed by atoms with E-state index in [0.29, 0.717) is 19.6 Å². The summed E-state index contributed by atoms with van der Waals surface area (Å²) >= 11 is 0. The van der Waals surface area contributed by atoms with Crippen LogP contribution in [-0.4, -0.2) is 63.2 Å². The smallest absolute Gasteiger partial charge is 0.361 e. The van der Waals surface area contributed by atoms with Gasteiger partial charge in [-0.3, -0.25) is 4.79 Å². The molecule has 1 amide bonds. The predicted molar refractivity (Wildman–Crippen MR) is 97.0 cm³/mol. The van der Waals surface area contributed by atoms with E-state index >= 15 is 0 Å². The molecule has 1 aromatic carbocycles. The third-order valence-electron chi connectivity index (χ3n) is 4.30. The Labute approximate surface area is 158 Å². The van der Waals surface area contributed by atoms with Gasteiger partial charge < -0.3 is 14.4 Å². The van der Waals surface area contributed by atoms with Gasteiger partial charge in [0.1, 0.15) is 0 Å². The van der Waals surface area contributed by atoms with Crippen LogP contribution in [0.25, 0.3) is 0 Å². The van der Waals surface area contributed by atoms with Gasteiger partial charge in [0.15, 0.2) is 11.8 Å². The molecule has 2 heterocycles. The van der Waals surface area contributed by atoms with Gasteiger partial charge in [0, 0.05) is 13.1 Å². The van der Waals surface area contributed by atoms with E-state index in [0.717, 1.165) is 5.56 Å². The number of carbonyl (C=O) groups excluding carboxylic acids is 2. The second kappa shape index (κ2) is 8.30. The van der Waals surface area contributed by atoms with Crippen molar-refractivity contribution in [2.45, 2.75) is 45.6 Å². The summed E-state index contributed by atoms with van der Waals surface area (Å²) in [6.07, 6.45) is 0.539. The van der Waals surface area contributed by atoms with Crippen LogP contribution in [0.3, 0.4) is 0 Å². The standard InChI is InChI=1S/C19H24N4O4/c1-13-9-22(10-14(2)26-13)18(24)15(3)27-19(25)17-12-23(21-20-17)11-16-7-5-4-6-8-16/h4-8,12-15H,9-11H2,1-3H3. The highest BCUT2D eigenvalue weighted by Gasteiger charge is 2.31. The molecule has 144 valence electrons. The molecule has 8 heteroatoms. The lowest BCUT2D eigenvalue weighted by Crippen LogP contribution is -2.51. The molecule has 0 radical (unpaired) electrons. The van der Waals surface area contributed by atoms with Crippen molar-refractivity contribution >= 4 is 11.9 Å². The maximum atomic E-state index is 12.6. The molecule has 1 fully saturated rings. The van der Waals surface area contributed by atoms with E-state index in [4.69, 9.17) is 9.47 Å². The molecular weight excluding hydrogens is 348 g/mol. The summed E-state index contributed by atoms with van der Waals surface area (Å²) < 4.78 is 12.5. The molecule has 1 aliphatic rings. The lowest BCUT2D eigenvalue weighted by atomic mass is 10.2. The summed E-state index contributed by atoms with van der Waals surface area (Å²) in [6.45, 7) is 6.87. The number of ether oxygens (including phenoxy) is 2. The Balaban J connectivity index is 1.57. The number of nitrogens with zero attached hydrogens (tertiary/aromatic N) is 4. The van der Waals surface area contributed by atoms with Crippen molar-refractivity contribution in [3.63, 3.8) is 0 Å². The molecule has 3 unspecified atom stereocenters. The number of hydrogen-bond acceptors (Lipinski definition) is 6. The quantitative estimate of drug-likeness (QED) is 0.740. The first-order chi connectivity index (χ1) is 12.9. The first-order valence-electron chi connectivity index (χ1n) is 9.01. The van der Waals surface area contributed by atoms with Gasteiger partial charge in [-0.2, -0.15) is 0 Å². The van der Waals surface area contributed by atoms with E-state index in [1.54, 1.807) is 16.5 Å². The van der Waals surface area contributed by atoms with Crippen molar-refractivity contribution in [2.24, 2.45) is 0 Å². The van der Waals surface area contributed by atoms with Crippen molar-refractivity contribution < 1.29 is 19.1 Å². The molecule has 2 aromatic rings. The molecule has 1 aliphatic heterocycles. The van der Waals surface area contributed by atoms with Gasteiger partial charge in [-0.25, -0.2) is 9.48 Å². The summed E-state index contributed by atoms with van der Waals surface area (Å²) in [5.74, 6) is -0.897. The van der Waals surface area contributed by atoms with Crippen LogP contribution in [0.1, 0.15) is 36.8 Å². The SMILES string of the molecule is CC1CN(C(=O)C(C)OC(=O)c2cn(Cc3ccccc3)nn2)CC(C)O1. The zero-order valence-electron chi connectivity index (χ0n) is 15.7. The fourth-order valence-electron chi connectivity index (χ4n) is 3.13. The van der Waals surface area contributed by atoms with Gasteiger partial charge in [0.25, 0.3) is 5.91 Å². The molecule has 0 aliphatic carbocycles. The first kappa shape index (κ1) is 19.0. The van der Waals surface area contributed by atoms with Crippen LogP contribution in [0, 0.1) is 0 Å². The summed E-state index contributed by atoms with van der Waals surface area (Å²) in [4.78, 5) is 26.5. The Bertz CT molecular complexity index is 782. The maximum absolute atomic E-state index is 12.6. The van der Waals surface area contributed by atoms with Gasteiger partial charge >= 0.3 is 5.97 Å². The normalized spacial score (nSPS) is 20.9. The highest BCUT2D eigenvalue weighted by molar-refractivity contribution is 5.90. The fourth-order valence-corrected chi connectivity index (χ4v) is 3.13. The molecule has 3 atom stereocenters. The minimum atomic E-state index is -0.894. The molecule has 27 heavy (non-hydrogen) atoms. The largest absolute Gasteiger partial charge is 0.448 e. The number of aromatic nitrogens is 3. The topological polar surface area (TPSA) is 86.6 Å². The van der Waals surface area contributed by atoms with Gasteiger partial charge in [-0.15, -0.1) is 5.10 Å². The second-order valence-corrected chi connectivity index (χ2v) is 6.84. The molecule has 1 aromatic heterocycles. The molecule has 3 rings (SSSR count). The van der Waals surface area contributed by atoms with E-state index in [1.165, 1.54) is 6.20 Å². The minimum absolute atomic E-state index is 0.0431. The summed E-state index contributed by atoms with van der Waals surface area (Å²) in [7, 11) is 0. The van der Waals surface area contributed by atoms with Crippen LogP contribution < -0.4 is 0 Å². The Morgan fingerprint density at radius 3 is 2.56 bits per heavy atom. The minimum Gasteiger partial charge on any atom is -0.448 e. The molecule has 1 saturated heterocycles. The van der Waals surface area contributed by atoms with Crippen molar-refractivity contribution in [1.29, 1.82) is 0 Å². The lowest BCUT2D eigenvalue weighted by molar-refractivity contribution is -0.151. The number of morpholine rings is 1. The van der Waals surface area contributed by atoms with Crippen molar-refractivity contribution in [2.75, 3.05) is 13.1 Å². The van der Waals surface area contributed by atoms with Gasteiger partial charge in [0.05, 0.1) is 24.9 Å². The average Bonchev–Trinajstić information content (AvgIpc) is 3.09. The van der Waals surface area contributed by atoms with E-state index in [9.17, 15) is 9.59 Å². The monoisotopic (exact) mass is 372 g/mol. The van der Waals surface area contributed by atoms with E-state index in [2.05, 4.69) is 10.3 Å². The summed E-state index contributed by atoms with van der Waals surface area (Å²) in [5, 5.41) is 7.80. The number of esters is 1. The first-order valence-corrected chi connectivity index (χ1v) is 9.01. The van der Waals surface area contributed by atoms with Crippen molar-refractivity contribution in [1.82, 2.24) is 19.9 Å². The number of carbonyl (C=O) groups is 2. The Morgan fingerprint density at radius 1 is 1.22 bits per heavy atom. The van der Waals surface area contributed by atoms with Crippen LogP contribution in [0.2, 0.25) is 0 Å². The molecule has 0 saturated carbocycles. The molecule has 0 spiro atoms. The van der Waals surface area contributed by atoms with Crippen LogP contribution in [0.15, 0.2) is 36.5 Å². The van der Waals surface area contributed by atoms with Crippen LogP contribution in [0.4, 0.5) is 0 Å². The third kappa shape index (κ3) is 4.91. The second-order valence-electron chi connectivity index (χ2n) is 6.84. The summed E-state index contributed by atoms with van der Waals surface area (Å²) in [6, 6.07) is 9.72. The molecule has 0 bridgehead atoms. The van der Waals surface area contributed by atoms with Gasteiger partial charge in [-0.1, -0.05) is 35.5 Å². The highest BCUT2D eigenvalue weighted by Crippen LogP contribution is 2.13. The lowest BCUT2D eigenvalue weighted by Gasteiger charge is -2.36. The predicted octanol–water partition coefficient (Wildman–Crippen LogP) is 1.51. The Kier molecular flexibility index (Phi) is 5.85. The van der Waals surface area contributed by atoms with Crippen LogP contribution in [-0.2, 0) is 20.8 Å². The Morgan fingerprint density at radius 2 is 1.89 bits per heavy atom. The van der Waals surface area contributed by atoms with E-state index < -0.39 is 12.1 Å².